The van der Waals surface area contributed by atoms with Gasteiger partial charge in [0, 0.05) is 25.7 Å². The molecular weight excluding hydrogens is 329 g/mol. The Bertz CT molecular complexity index is 589. The van der Waals surface area contributed by atoms with Gasteiger partial charge in [0.2, 0.25) is 0 Å². The summed E-state index contributed by atoms with van der Waals surface area (Å²) in [5.41, 5.74) is 0.820. The first-order valence-corrected chi connectivity index (χ1v) is 9.29. The maximum absolute atomic E-state index is 12.3. The van der Waals surface area contributed by atoms with E-state index in [1.165, 1.54) is 50.9 Å². The van der Waals surface area contributed by atoms with Gasteiger partial charge in [-0.3, -0.25) is 4.90 Å². The highest BCUT2D eigenvalue weighted by atomic mass is 19.4. The number of nitrogens with one attached hydrogen (secondary N) is 1. The number of nitrogens with zero attached hydrogens (tertiary/aromatic N) is 1. The minimum atomic E-state index is -4.64. The van der Waals surface area contributed by atoms with Crippen molar-refractivity contribution in [3.63, 3.8) is 0 Å². The Morgan fingerprint density at radius 3 is 2.52 bits per heavy atom. The zero-order valence-corrected chi connectivity index (χ0v) is 14.3. The minimum Gasteiger partial charge on any atom is -0.406 e. The van der Waals surface area contributed by atoms with Crippen LogP contribution in [-0.2, 0) is 6.54 Å². The molecule has 2 unspecified atom stereocenters. The van der Waals surface area contributed by atoms with Gasteiger partial charge >= 0.3 is 6.36 Å². The monoisotopic (exact) mass is 354 g/mol. The van der Waals surface area contributed by atoms with Crippen molar-refractivity contribution in [1.82, 2.24) is 10.2 Å². The average Bonchev–Trinajstić information content (AvgIpc) is 3.00. The molecule has 3 aliphatic rings. The second-order valence-corrected chi connectivity index (χ2v) is 7.71. The molecule has 4 rings (SSSR count). The molecule has 1 aromatic carbocycles. The van der Waals surface area contributed by atoms with Crippen molar-refractivity contribution in [3.05, 3.63) is 29.8 Å². The van der Waals surface area contributed by atoms with Crippen LogP contribution in [0.1, 0.15) is 31.2 Å². The van der Waals surface area contributed by atoms with E-state index in [2.05, 4.69) is 15.0 Å². The molecule has 2 aliphatic carbocycles. The molecule has 0 radical (unpaired) electrons. The molecule has 0 spiro atoms. The lowest BCUT2D eigenvalue weighted by Crippen LogP contribution is -2.34. The number of piperidine rings is 1. The maximum Gasteiger partial charge on any atom is 0.573 e. The number of alkyl halides is 3. The first-order valence-electron chi connectivity index (χ1n) is 9.29. The molecule has 1 aromatic rings. The van der Waals surface area contributed by atoms with Crippen LogP contribution in [-0.4, -0.2) is 36.9 Å². The van der Waals surface area contributed by atoms with Gasteiger partial charge in [0.1, 0.15) is 5.75 Å². The van der Waals surface area contributed by atoms with Gasteiger partial charge in [-0.15, -0.1) is 13.2 Å². The van der Waals surface area contributed by atoms with Crippen molar-refractivity contribution in [2.75, 3.05) is 19.6 Å². The summed E-state index contributed by atoms with van der Waals surface area (Å²) in [6.45, 7) is 4.03. The summed E-state index contributed by atoms with van der Waals surface area (Å²) >= 11 is 0. The fourth-order valence-electron chi connectivity index (χ4n) is 4.79. The third kappa shape index (κ3) is 4.11. The van der Waals surface area contributed by atoms with Crippen LogP contribution < -0.4 is 10.1 Å². The Hall–Kier alpha value is -1.27. The first kappa shape index (κ1) is 17.2. The molecule has 0 amide bonds. The molecule has 6 heteroatoms. The van der Waals surface area contributed by atoms with Crippen LogP contribution in [0.3, 0.4) is 0 Å². The molecule has 3 fully saturated rings. The summed E-state index contributed by atoms with van der Waals surface area (Å²) in [5.74, 6) is 2.25. The van der Waals surface area contributed by atoms with Gasteiger partial charge in [0.25, 0.3) is 0 Å². The van der Waals surface area contributed by atoms with E-state index in [-0.39, 0.29) is 5.75 Å². The molecule has 0 aromatic heterocycles. The molecule has 1 heterocycles. The van der Waals surface area contributed by atoms with Crippen LogP contribution in [0, 0.1) is 17.8 Å². The third-order valence-electron chi connectivity index (χ3n) is 6.08. The summed E-state index contributed by atoms with van der Waals surface area (Å²) in [6.07, 6.45) is 0.886. The molecule has 138 valence electrons. The van der Waals surface area contributed by atoms with Gasteiger partial charge in [-0.25, -0.2) is 0 Å². The fourth-order valence-corrected chi connectivity index (χ4v) is 4.79. The predicted molar refractivity (Wildman–Crippen MR) is 89.1 cm³/mol. The standard InChI is InChI=1S/C19H25F3N2O/c20-19(21,22)25-15-7-3-4-13(8-15)9-23-10-16-17-11-24(12-18(16)17)14-5-1-2-6-14/h3-4,7-8,14,16-18,23H,1-2,5-6,9-12H2. The number of fused-ring (bicyclic) bond motifs is 1. The summed E-state index contributed by atoms with van der Waals surface area (Å²) in [5, 5.41) is 3.41. The smallest absolute Gasteiger partial charge is 0.406 e. The zero-order valence-electron chi connectivity index (χ0n) is 14.3. The molecule has 2 saturated carbocycles. The van der Waals surface area contributed by atoms with E-state index < -0.39 is 6.36 Å². The van der Waals surface area contributed by atoms with Gasteiger partial charge in [-0.1, -0.05) is 25.0 Å². The number of hydrogen-bond acceptors (Lipinski definition) is 3. The lowest BCUT2D eigenvalue weighted by atomic mass is 10.1. The molecule has 1 saturated heterocycles. The highest BCUT2D eigenvalue weighted by Gasteiger charge is 2.55. The zero-order chi connectivity index (χ0) is 17.4. The van der Waals surface area contributed by atoms with Gasteiger partial charge in [0.15, 0.2) is 0 Å². The van der Waals surface area contributed by atoms with Crippen LogP contribution in [0.25, 0.3) is 0 Å². The van der Waals surface area contributed by atoms with Crippen molar-refractivity contribution < 1.29 is 17.9 Å². The Labute approximate surface area is 146 Å². The Morgan fingerprint density at radius 2 is 1.84 bits per heavy atom. The number of likely N-dealkylation sites (tertiary alicyclic amines) is 1. The summed E-state index contributed by atoms with van der Waals surface area (Å²) < 4.78 is 40.8. The second kappa shape index (κ2) is 6.80. The number of halogens is 3. The van der Waals surface area contributed by atoms with Crippen molar-refractivity contribution in [2.24, 2.45) is 17.8 Å². The lowest BCUT2D eigenvalue weighted by Gasteiger charge is -2.26. The number of rotatable bonds is 6. The highest BCUT2D eigenvalue weighted by Crippen LogP contribution is 2.52. The molecule has 1 N–H and O–H groups in total. The van der Waals surface area contributed by atoms with Gasteiger partial charge < -0.3 is 10.1 Å². The Morgan fingerprint density at radius 1 is 1.12 bits per heavy atom. The summed E-state index contributed by atoms with van der Waals surface area (Å²) in [6, 6.07) is 7.04. The fraction of sp³-hybridized carbons (Fsp3) is 0.684. The summed E-state index contributed by atoms with van der Waals surface area (Å²) in [4.78, 5) is 2.69. The van der Waals surface area contributed by atoms with E-state index >= 15 is 0 Å². The first-order chi connectivity index (χ1) is 12.0. The van der Waals surface area contributed by atoms with E-state index in [1.807, 2.05) is 6.07 Å². The van der Waals surface area contributed by atoms with Crippen LogP contribution in [0.4, 0.5) is 13.2 Å². The van der Waals surface area contributed by atoms with E-state index in [0.29, 0.717) is 6.54 Å². The van der Waals surface area contributed by atoms with Crippen LogP contribution in [0.5, 0.6) is 5.75 Å². The average molecular weight is 354 g/mol. The minimum absolute atomic E-state index is 0.151. The number of ether oxygens (including phenoxy) is 1. The van der Waals surface area contributed by atoms with Gasteiger partial charge in [-0.05, 0) is 54.8 Å². The lowest BCUT2D eigenvalue weighted by molar-refractivity contribution is -0.274. The highest BCUT2D eigenvalue weighted by molar-refractivity contribution is 5.28. The molecule has 2 atom stereocenters. The van der Waals surface area contributed by atoms with E-state index in [1.54, 1.807) is 6.07 Å². The number of hydrogen-bond donors (Lipinski definition) is 1. The van der Waals surface area contributed by atoms with E-state index in [9.17, 15) is 13.2 Å². The molecule has 1 aliphatic heterocycles. The van der Waals surface area contributed by atoms with Crippen LogP contribution in [0.2, 0.25) is 0 Å². The largest absolute Gasteiger partial charge is 0.573 e. The number of benzene rings is 1. The van der Waals surface area contributed by atoms with Crippen molar-refractivity contribution in [2.45, 2.75) is 44.6 Å². The quantitative estimate of drug-likeness (QED) is 0.841. The van der Waals surface area contributed by atoms with E-state index in [0.717, 1.165) is 35.9 Å². The maximum atomic E-state index is 12.3. The van der Waals surface area contributed by atoms with E-state index in [4.69, 9.17) is 0 Å². The second-order valence-electron chi connectivity index (χ2n) is 7.71. The Kier molecular flexibility index (Phi) is 4.67. The molecule has 25 heavy (non-hydrogen) atoms. The van der Waals surface area contributed by atoms with Crippen molar-refractivity contribution >= 4 is 0 Å². The third-order valence-corrected chi connectivity index (χ3v) is 6.08. The summed E-state index contributed by atoms with van der Waals surface area (Å²) in [7, 11) is 0. The molecular formula is C19H25F3N2O. The predicted octanol–water partition coefficient (Wildman–Crippen LogP) is 3.80. The molecule has 0 bridgehead atoms. The topological polar surface area (TPSA) is 24.5 Å². The molecule has 3 nitrogen and oxygen atoms in total. The van der Waals surface area contributed by atoms with Crippen LogP contribution in [0.15, 0.2) is 24.3 Å². The van der Waals surface area contributed by atoms with Gasteiger partial charge in [0.05, 0.1) is 0 Å². The van der Waals surface area contributed by atoms with Crippen molar-refractivity contribution in [1.29, 1.82) is 0 Å². The van der Waals surface area contributed by atoms with Crippen molar-refractivity contribution in [3.8, 4) is 5.75 Å². The van der Waals surface area contributed by atoms with Crippen LogP contribution >= 0.6 is 0 Å². The Balaban J connectivity index is 1.19. The van der Waals surface area contributed by atoms with Gasteiger partial charge in [-0.2, -0.15) is 0 Å². The SMILES string of the molecule is FC(F)(F)Oc1cccc(CNCC2C3CN(C4CCCC4)CC23)c1. The normalized spacial score (nSPS) is 29.8.